The highest BCUT2D eigenvalue weighted by Crippen LogP contribution is 2.31. The maximum atomic E-state index is 12.4. The summed E-state index contributed by atoms with van der Waals surface area (Å²) in [5.74, 6) is -0.0474. The van der Waals surface area contributed by atoms with Crippen LogP contribution in [0.5, 0.6) is 11.5 Å². The molecule has 2 rings (SSSR count). The molecule has 5 nitrogen and oxygen atoms in total. The summed E-state index contributed by atoms with van der Waals surface area (Å²) in [7, 11) is 0. The van der Waals surface area contributed by atoms with Crippen LogP contribution >= 0.6 is 0 Å². The van der Waals surface area contributed by atoms with Gasteiger partial charge in [-0.1, -0.05) is 36.4 Å². The molecule has 0 atom stereocenters. The highest BCUT2D eigenvalue weighted by Gasteiger charge is 2.12. The summed E-state index contributed by atoms with van der Waals surface area (Å²) >= 11 is 0. The summed E-state index contributed by atoms with van der Waals surface area (Å²) in [4.78, 5) is 9.73. The van der Waals surface area contributed by atoms with Gasteiger partial charge in [0.25, 0.3) is 0 Å². The Hall–Kier alpha value is -2.96. The first-order chi connectivity index (χ1) is 11.0. The predicted molar refractivity (Wildman–Crippen MR) is 79.9 cm³/mol. The zero-order chi connectivity index (χ0) is 16.7. The van der Waals surface area contributed by atoms with Gasteiger partial charge in [0.2, 0.25) is 6.20 Å². The molecule has 0 amide bonds. The van der Waals surface area contributed by atoms with Gasteiger partial charge in [-0.3, -0.25) is 10.1 Å². The first-order valence-electron chi connectivity index (χ1n) is 6.62. The Bertz CT molecular complexity index is 690. The molecule has 0 saturated carbocycles. The lowest BCUT2D eigenvalue weighted by Gasteiger charge is -2.13. The average Bonchev–Trinajstić information content (AvgIpc) is 2.53. The largest absolute Gasteiger partial charge is 0.485 e. The topological polar surface area (TPSA) is 61.6 Å². The van der Waals surface area contributed by atoms with E-state index in [-0.39, 0.29) is 18.1 Å². The van der Waals surface area contributed by atoms with Crippen LogP contribution in [0.2, 0.25) is 0 Å². The van der Waals surface area contributed by atoms with E-state index in [1.165, 1.54) is 24.3 Å². The quantitative estimate of drug-likeness (QED) is 0.568. The van der Waals surface area contributed by atoms with Crippen molar-refractivity contribution in [3.8, 4) is 11.5 Å². The Labute approximate surface area is 130 Å². The van der Waals surface area contributed by atoms with Crippen LogP contribution in [0.4, 0.5) is 8.78 Å². The molecule has 0 aromatic heterocycles. The molecule has 0 heterocycles. The van der Waals surface area contributed by atoms with Crippen LogP contribution in [0.15, 0.2) is 54.7 Å². The number of ether oxygens (including phenoxy) is 2. The van der Waals surface area contributed by atoms with E-state index in [0.29, 0.717) is 5.56 Å². The fourth-order valence-electron chi connectivity index (χ4n) is 1.82. The molecule has 0 bridgehead atoms. The molecule has 2 aromatic rings. The fraction of sp³-hybridized carbons (Fsp3) is 0.125. The van der Waals surface area contributed by atoms with Crippen molar-refractivity contribution in [3.63, 3.8) is 0 Å². The minimum absolute atomic E-state index is 0.0830. The lowest BCUT2D eigenvalue weighted by molar-refractivity contribution is -0.400. The lowest BCUT2D eigenvalue weighted by Crippen LogP contribution is -2.05. The van der Waals surface area contributed by atoms with Crippen molar-refractivity contribution < 1.29 is 23.2 Å². The second-order valence-corrected chi connectivity index (χ2v) is 4.46. The minimum atomic E-state index is -2.99. The van der Waals surface area contributed by atoms with Crippen LogP contribution in [0.3, 0.4) is 0 Å². The number of nitro groups is 1. The Morgan fingerprint density at radius 3 is 2.52 bits per heavy atom. The zero-order valence-corrected chi connectivity index (χ0v) is 11.9. The van der Waals surface area contributed by atoms with E-state index in [2.05, 4.69) is 4.74 Å². The minimum Gasteiger partial charge on any atom is -0.485 e. The van der Waals surface area contributed by atoms with E-state index < -0.39 is 11.5 Å². The second-order valence-electron chi connectivity index (χ2n) is 4.46. The predicted octanol–water partition coefficient (Wildman–Crippen LogP) is 4.11. The second kappa shape index (κ2) is 7.88. The first-order valence-corrected chi connectivity index (χ1v) is 6.62. The summed E-state index contributed by atoms with van der Waals surface area (Å²) in [5.41, 5.74) is 1.29. The maximum Gasteiger partial charge on any atom is 0.387 e. The van der Waals surface area contributed by atoms with Crippen molar-refractivity contribution in [2.45, 2.75) is 13.2 Å². The van der Waals surface area contributed by atoms with Gasteiger partial charge in [0, 0.05) is 6.08 Å². The third-order valence-corrected chi connectivity index (χ3v) is 2.81. The molecule has 120 valence electrons. The fourth-order valence-corrected chi connectivity index (χ4v) is 1.82. The molecular formula is C16H13F2NO4. The van der Waals surface area contributed by atoms with E-state index in [0.717, 1.165) is 11.8 Å². The average molecular weight is 321 g/mol. The van der Waals surface area contributed by atoms with Crippen molar-refractivity contribution in [1.82, 2.24) is 0 Å². The smallest absolute Gasteiger partial charge is 0.387 e. The Balaban J connectivity index is 2.21. The van der Waals surface area contributed by atoms with Crippen LogP contribution in [0.25, 0.3) is 6.08 Å². The Kier molecular flexibility index (Phi) is 5.62. The molecule has 2 aromatic carbocycles. The molecule has 7 heteroatoms. The molecule has 23 heavy (non-hydrogen) atoms. The number of nitrogens with zero attached hydrogens (tertiary/aromatic N) is 1. The molecule has 0 aliphatic rings. The SMILES string of the molecule is O=[N+]([O-])/C=C/c1ccc(OC(F)F)c(OCc2ccccc2)c1. The van der Waals surface area contributed by atoms with Crippen LogP contribution in [-0.2, 0) is 6.61 Å². The van der Waals surface area contributed by atoms with Gasteiger partial charge in [0.05, 0.1) is 4.92 Å². The Morgan fingerprint density at radius 2 is 1.87 bits per heavy atom. The van der Waals surface area contributed by atoms with Crippen molar-refractivity contribution >= 4 is 6.08 Å². The number of benzene rings is 2. The monoisotopic (exact) mass is 321 g/mol. The maximum absolute atomic E-state index is 12.4. The van der Waals surface area contributed by atoms with E-state index >= 15 is 0 Å². The van der Waals surface area contributed by atoms with Crippen molar-refractivity contribution in [2.24, 2.45) is 0 Å². The van der Waals surface area contributed by atoms with Gasteiger partial charge >= 0.3 is 6.61 Å². The van der Waals surface area contributed by atoms with E-state index in [1.807, 2.05) is 30.3 Å². The molecule has 0 fully saturated rings. The highest BCUT2D eigenvalue weighted by molar-refractivity contribution is 5.55. The van der Waals surface area contributed by atoms with Crippen LogP contribution in [0.1, 0.15) is 11.1 Å². The third-order valence-electron chi connectivity index (χ3n) is 2.81. The number of hydrogen-bond acceptors (Lipinski definition) is 4. The molecular weight excluding hydrogens is 308 g/mol. The third kappa shape index (κ3) is 5.39. The van der Waals surface area contributed by atoms with Crippen molar-refractivity contribution in [3.05, 3.63) is 76.0 Å². The zero-order valence-electron chi connectivity index (χ0n) is 11.9. The number of halogens is 2. The molecule has 0 saturated heterocycles. The van der Waals surface area contributed by atoms with Crippen LogP contribution in [-0.4, -0.2) is 11.5 Å². The van der Waals surface area contributed by atoms with Crippen LogP contribution in [0, 0.1) is 10.1 Å². The highest BCUT2D eigenvalue weighted by atomic mass is 19.3. The van der Waals surface area contributed by atoms with E-state index in [1.54, 1.807) is 0 Å². The summed E-state index contributed by atoms with van der Waals surface area (Å²) in [6.45, 7) is -2.84. The van der Waals surface area contributed by atoms with Gasteiger partial charge in [0.15, 0.2) is 11.5 Å². The van der Waals surface area contributed by atoms with Crippen molar-refractivity contribution in [1.29, 1.82) is 0 Å². The lowest BCUT2D eigenvalue weighted by atomic mass is 10.2. The normalized spacial score (nSPS) is 10.9. The summed E-state index contributed by atoms with van der Waals surface area (Å²) in [5, 5.41) is 10.3. The molecule has 0 aliphatic heterocycles. The molecule has 0 radical (unpaired) electrons. The number of hydrogen-bond donors (Lipinski definition) is 0. The van der Waals surface area contributed by atoms with Crippen molar-refractivity contribution in [2.75, 3.05) is 0 Å². The molecule has 0 N–H and O–H groups in total. The van der Waals surface area contributed by atoms with Gasteiger partial charge < -0.3 is 9.47 Å². The van der Waals surface area contributed by atoms with Gasteiger partial charge in [-0.15, -0.1) is 0 Å². The molecule has 0 aliphatic carbocycles. The summed E-state index contributed by atoms with van der Waals surface area (Å²) < 4.78 is 34.8. The van der Waals surface area contributed by atoms with Gasteiger partial charge in [-0.05, 0) is 23.3 Å². The van der Waals surface area contributed by atoms with Gasteiger partial charge in [-0.25, -0.2) is 0 Å². The Morgan fingerprint density at radius 1 is 1.13 bits per heavy atom. The van der Waals surface area contributed by atoms with Gasteiger partial charge in [-0.2, -0.15) is 8.78 Å². The van der Waals surface area contributed by atoms with E-state index in [9.17, 15) is 18.9 Å². The number of rotatable bonds is 7. The molecule has 0 unspecified atom stereocenters. The van der Waals surface area contributed by atoms with Gasteiger partial charge in [0.1, 0.15) is 6.61 Å². The standard InChI is InChI=1S/C16H13F2NO4/c17-16(18)23-14-7-6-12(8-9-19(20)21)10-15(14)22-11-13-4-2-1-3-5-13/h1-10,16H,11H2/b9-8+. The van der Waals surface area contributed by atoms with Crippen LogP contribution < -0.4 is 9.47 Å². The van der Waals surface area contributed by atoms with E-state index in [4.69, 9.17) is 4.74 Å². The first kappa shape index (κ1) is 16.4. The number of alkyl halides is 2. The molecule has 0 spiro atoms. The summed E-state index contributed by atoms with van der Waals surface area (Å²) in [6, 6.07) is 13.3. The summed E-state index contributed by atoms with van der Waals surface area (Å²) in [6.07, 6.45) is 1.99.